The molecule has 0 unspecified atom stereocenters. The Balaban J connectivity index is 2.60. The molecule has 0 aliphatic carbocycles. The fourth-order valence-electron chi connectivity index (χ4n) is 2.65. The summed E-state index contributed by atoms with van der Waals surface area (Å²) >= 11 is 0. The van der Waals surface area contributed by atoms with Crippen LogP contribution >= 0.6 is 0 Å². The molecule has 1 aromatic heterocycles. The zero-order chi connectivity index (χ0) is 15.0. The number of hydrogen-bond acceptors (Lipinski definition) is 2. The van der Waals surface area contributed by atoms with Crippen molar-refractivity contribution in [1.29, 1.82) is 0 Å². The van der Waals surface area contributed by atoms with E-state index in [1.165, 1.54) is 16.7 Å². The van der Waals surface area contributed by atoms with Gasteiger partial charge in [-0.25, -0.2) is 0 Å². The highest BCUT2D eigenvalue weighted by Gasteiger charge is 2.21. The summed E-state index contributed by atoms with van der Waals surface area (Å²) in [4.78, 5) is 12.7. The van der Waals surface area contributed by atoms with Gasteiger partial charge in [0.1, 0.15) is 5.76 Å². The molecule has 0 spiro atoms. The third-order valence-corrected chi connectivity index (χ3v) is 4.46. The van der Waals surface area contributed by atoms with Gasteiger partial charge >= 0.3 is 0 Å². The Hall–Kier alpha value is -1.83. The summed E-state index contributed by atoms with van der Waals surface area (Å²) in [5.41, 5.74) is 6.57. The molecule has 0 saturated heterocycles. The van der Waals surface area contributed by atoms with Gasteiger partial charge in [0.25, 0.3) is 0 Å². The lowest BCUT2D eigenvalue weighted by Crippen LogP contribution is -2.10. The highest BCUT2D eigenvalue weighted by Crippen LogP contribution is 2.28. The maximum Gasteiger partial charge on any atom is 0.228 e. The Kier molecular flexibility index (Phi) is 3.85. The van der Waals surface area contributed by atoms with E-state index in [-0.39, 0.29) is 5.78 Å². The van der Waals surface area contributed by atoms with Gasteiger partial charge in [0.15, 0.2) is 5.76 Å². The number of ketones is 1. The summed E-state index contributed by atoms with van der Waals surface area (Å²) in [6, 6.07) is 3.66. The quantitative estimate of drug-likeness (QED) is 0.762. The predicted molar refractivity (Wildman–Crippen MR) is 81.6 cm³/mol. The molecule has 0 N–H and O–H groups in total. The smallest absolute Gasteiger partial charge is 0.228 e. The average Bonchev–Trinajstić information content (AvgIpc) is 2.92. The van der Waals surface area contributed by atoms with Gasteiger partial charge in [0.2, 0.25) is 5.78 Å². The molecule has 2 heteroatoms. The first-order valence-electron chi connectivity index (χ1n) is 7.08. The van der Waals surface area contributed by atoms with Crippen LogP contribution in [0.5, 0.6) is 0 Å². The van der Waals surface area contributed by atoms with E-state index in [4.69, 9.17) is 4.42 Å². The lowest BCUT2D eigenvalue weighted by molar-refractivity contribution is 0.101. The Morgan fingerprint density at radius 3 is 1.85 bits per heavy atom. The van der Waals surface area contributed by atoms with Gasteiger partial charge in [0.05, 0.1) is 0 Å². The second-order valence-electron chi connectivity index (χ2n) is 5.45. The summed E-state index contributed by atoms with van der Waals surface area (Å²) in [5.74, 6) is 1.28. The van der Waals surface area contributed by atoms with E-state index in [2.05, 4.69) is 20.8 Å². The molecule has 1 aromatic carbocycles. The second-order valence-corrected chi connectivity index (χ2v) is 5.45. The summed E-state index contributed by atoms with van der Waals surface area (Å²) < 4.78 is 5.62. The SMILES string of the molecule is CCc1ccc(C(=O)c2c(C)c(C)c(C)c(C)c2C)o1. The molecule has 0 amide bonds. The maximum absolute atomic E-state index is 12.7. The monoisotopic (exact) mass is 270 g/mol. The number of furan rings is 1. The van der Waals surface area contributed by atoms with Gasteiger partial charge in [-0.1, -0.05) is 6.92 Å². The van der Waals surface area contributed by atoms with Crippen LogP contribution in [0, 0.1) is 34.6 Å². The lowest BCUT2D eigenvalue weighted by Gasteiger charge is -2.17. The van der Waals surface area contributed by atoms with Crippen LogP contribution in [0.25, 0.3) is 0 Å². The zero-order valence-corrected chi connectivity index (χ0v) is 13.2. The molecule has 1 heterocycles. The van der Waals surface area contributed by atoms with Crippen LogP contribution in [-0.4, -0.2) is 5.78 Å². The van der Waals surface area contributed by atoms with Crippen molar-refractivity contribution >= 4 is 5.78 Å². The Morgan fingerprint density at radius 2 is 1.40 bits per heavy atom. The first-order chi connectivity index (χ1) is 9.38. The van der Waals surface area contributed by atoms with Crippen molar-refractivity contribution in [2.24, 2.45) is 0 Å². The van der Waals surface area contributed by atoms with Crippen LogP contribution in [0.4, 0.5) is 0 Å². The van der Waals surface area contributed by atoms with Crippen molar-refractivity contribution in [3.63, 3.8) is 0 Å². The summed E-state index contributed by atoms with van der Waals surface area (Å²) in [5, 5.41) is 0. The van der Waals surface area contributed by atoms with Crippen LogP contribution in [0.3, 0.4) is 0 Å². The van der Waals surface area contributed by atoms with Crippen molar-refractivity contribution < 1.29 is 9.21 Å². The number of benzene rings is 1. The van der Waals surface area contributed by atoms with Gasteiger partial charge in [-0.15, -0.1) is 0 Å². The molecule has 0 aliphatic heterocycles. The minimum Gasteiger partial charge on any atom is -0.458 e. The zero-order valence-electron chi connectivity index (χ0n) is 13.2. The number of carbonyl (C=O) groups is 1. The molecule has 20 heavy (non-hydrogen) atoms. The highest BCUT2D eigenvalue weighted by molar-refractivity contribution is 6.09. The average molecular weight is 270 g/mol. The molecule has 2 nitrogen and oxygen atoms in total. The molecule has 0 aliphatic rings. The standard InChI is InChI=1S/C18H22O2/c1-7-15-8-9-16(20-15)18(19)17-13(5)11(3)10(2)12(4)14(17)6/h8-9H,7H2,1-6H3. The van der Waals surface area contributed by atoms with Crippen LogP contribution < -0.4 is 0 Å². The van der Waals surface area contributed by atoms with E-state index in [1.807, 2.05) is 26.8 Å². The van der Waals surface area contributed by atoms with Crippen LogP contribution in [0.1, 0.15) is 56.6 Å². The Bertz CT molecular complexity index is 646. The number of rotatable bonds is 3. The van der Waals surface area contributed by atoms with Crippen molar-refractivity contribution in [1.82, 2.24) is 0 Å². The molecule has 2 aromatic rings. The molecule has 0 saturated carbocycles. The number of aryl methyl sites for hydroxylation is 1. The van der Waals surface area contributed by atoms with Crippen molar-refractivity contribution in [3.8, 4) is 0 Å². The van der Waals surface area contributed by atoms with E-state index in [9.17, 15) is 4.79 Å². The molecule has 0 bridgehead atoms. The number of hydrogen-bond donors (Lipinski definition) is 0. The van der Waals surface area contributed by atoms with Gasteiger partial charge in [-0.2, -0.15) is 0 Å². The van der Waals surface area contributed by atoms with Gasteiger partial charge in [-0.05, 0) is 74.6 Å². The van der Waals surface area contributed by atoms with Crippen LogP contribution in [0.15, 0.2) is 16.5 Å². The van der Waals surface area contributed by atoms with Crippen molar-refractivity contribution in [2.75, 3.05) is 0 Å². The maximum atomic E-state index is 12.7. The van der Waals surface area contributed by atoms with Gasteiger partial charge in [-0.3, -0.25) is 4.79 Å². The third kappa shape index (κ3) is 2.20. The molecule has 0 atom stereocenters. The molecule has 2 rings (SSSR count). The van der Waals surface area contributed by atoms with Crippen LogP contribution in [-0.2, 0) is 6.42 Å². The Labute approximate surface area is 120 Å². The van der Waals surface area contributed by atoms with Gasteiger partial charge < -0.3 is 4.42 Å². The predicted octanol–water partition coefficient (Wildman–Crippen LogP) is 4.62. The van der Waals surface area contributed by atoms with E-state index in [0.29, 0.717) is 5.76 Å². The van der Waals surface area contributed by atoms with Crippen molar-refractivity contribution in [2.45, 2.75) is 48.0 Å². The number of carbonyl (C=O) groups excluding carboxylic acids is 1. The first kappa shape index (κ1) is 14.6. The largest absolute Gasteiger partial charge is 0.458 e. The molecule has 0 fully saturated rings. The Morgan fingerprint density at radius 1 is 0.900 bits per heavy atom. The van der Waals surface area contributed by atoms with Crippen molar-refractivity contribution in [3.05, 3.63) is 57.0 Å². The fraction of sp³-hybridized carbons (Fsp3) is 0.389. The van der Waals surface area contributed by atoms with E-state index < -0.39 is 0 Å². The summed E-state index contributed by atoms with van der Waals surface area (Å²) in [6.07, 6.45) is 0.803. The molecular formula is C18H22O2. The fourth-order valence-corrected chi connectivity index (χ4v) is 2.65. The molecule has 106 valence electrons. The summed E-state index contributed by atoms with van der Waals surface area (Å²) in [7, 11) is 0. The van der Waals surface area contributed by atoms with Crippen LogP contribution in [0.2, 0.25) is 0 Å². The third-order valence-electron chi connectivity index (χ3n) is 4.46. The molecule has 0 radical (unpaired) electrons. The van der Waals surface area contributed by atoms with E-state index >= 15 is 0 Å². The van der Waals surface area contributed by atoms with E-state index in [0.717, 1.165) is 28.9 Å². The minimum absolute atomic E-state index is 0.00843. The normalized spacial score (nSPS) is 10.9. The van der Waals surface area contributed by atoms with E-state index in [1.54, 1.807) is 6.07 Å². The topological polar surface area (TPSA) is 30.2 Å². The summed E-state index contributed by atoms with van der Waals surface area (Å²) in [6.45, 7) is 12.3. The minimum atomic E-state index is -0.00843. The van der Waals surface area contributed by atoms with Gasteiger partial charge in [0, 0.05) is 12.0 Å². The highest BCUT2D eigenvalue weighted by atomic mass is 16.3. The second kappa shape index (κ2) is 5.28. The lowest BCUT2D eigenvalue weighted by atomic mass is 9.87. The molecular weight excluding hydrogens is 248 g/mol. The first-order valence-corrected chi connectivity index (χ1v) is 7.08.